The molecule has 19 heavy (non-hydrogen) atoms. The highest BCUT2D eigenvalue weighted by molar-refractivity contribution is 6.28. The summed E-state index contributed by atoms with van der Waals surface area (Å²) in [7, 11) is 0. The molecule has 0 saturated carbocycles. The zero-order valence-corrected chi connectivity index (χ0v) is 10.9. The monoisotopic (exact) mass is 281 g/mol. The molecule has 0 aliphatic heterocycles. The van der Waals surface area contributed by atoms with Gasteiger partial charge in [-0.25, -0.2) is 4.39 Å². The molecule has 3 nitrogen and oxygen atoms in total. The van der Waals surface area contributed by atoms with Gasteiger partial charge >= 0.3 is 0 Å². The number of carbonyl (C=O) groups is 1. The van der Waals surface area contributed by atoms with Gasteiger partial charge in [-0.3, -0.25) is 4.79 Å². The molecule has 0 spiro atoms. The van der Waals surface area contributed by atoms with Crippen LogP contribution in [0.2, 0.25) is 5.22 Å². The predicted octanol–water partition coefficient (Wildman–Crippen LogP) is 3.32. The summed E-state index contributed by atoms with van der Waals surface area (Å²) in [5.74, 6) is 0.198. The molecule has 1 aromatic carbocycles. The summed E-state index contributed by atoms with van der Waals surface area (Å²) in [4.78, 5) is 11.6. The Kier molecular flexibility index (Phi) is 4.58. The Morgan fingerprint density at radius 1 is 1.32 bits per heavy atom. The van der Waals surface area contributed by atoms with Crippen LogP contribution in [0.25, 0.3) is 0 Å². The summed E-state index contributed by atoms with van der Waals surface area (Å²) in [6, 6.07) is 9.56. The third-order valence-corrected chi connectivity index (χ3v) is 2.82. The van der Waals surface area contributed by atoms with E-state index in [4.69, 9.17) is 16.0 Å². The van der Waals surface area contributed by atoms with Crippen molar-refractivity contribution in [1.29, 1.82) is 0 Å². The average molecular weight is 282 g/mol. The molecule has 1 amide bonds. The number of amides is 1. The first-order chi connectivity index (χ1) is 9.13. The maximum atomic E-state index is 12.9. The van der Waals surface area contributed by atoms with Crippen LogP contribution in [0.15, 0.2) is 40.8 Å². The van der Waals surface area contributed by atoms with Crippen molar-refractivity contribution in [2.24, 2.45) is 0 Å². The van der Waals surface area contributed by atoms with E-state index in [1.165, 1.54) is 12.1 Å². The second-order valence-electron chi connectivity index (χ2n) is 4.11. The van der Waals surface area contributed by atoms with Crippen LogP contribution in [0.5, 0.6) is 0 Å². The van der Waals surface area contributed by atoms with Gasteiger partial charge in [0.2, 0.25) is 5.91 Å². The van der Waals surface area contributed by atoms with Crippen molar-refractivity contribution in [3.05, 3.63) is 58.8 Å². The van der Waals surface area contributed by atoms with E-state index >= 15 is 0 Å². The van der Waals surface area contributed by atoms with Gasteiger partial charge in [0.15, 0.2) is 5.22 Å². The summed E-state index contributed by atoms with van der Waals surface area (Å²) < 4.78 is 18.1. The molecule has 0 aliphatic carbocycles. The van der Waals surface area contributed by atoms with Crippen molar-refractivity contribution in [2.75, 3.05) is 0 Å². The molecule has 1 aromatic heterocycles. The zero-order chi connectivity index (χ0) is 13.7. The maximum Gasteiger partial charge on any atom is 0.220 e. The number of rotatable bonds is 5. The van der Waals surface area contributed by atoms with Crippen molar-refractivity contribution in [3.8, 4) is 0 Å². The van der Waals surface area contributed by atoms with Crippen molar-refractivity contribution in [2.45, 2.75) is 19.4 Å². The van der Waals surface area contributed by atoms with Gasteiger partial charge in [-0.15, -0.1) is 0 Å². The lowest BCUT2D eigenvalue weighted by Crippen LogP contribution is -2.22. The van der Waals surface area contributed by atoms with Gasteiger partial charge in [-0.1, -0.05) is 12.1 Å². The highest BCUT2D eigenvalue weighted by atomic mass is 35.5. The van der Waals surface area contributed by atoms with Crippen LogP contribution >= 0.6 is 11.6 Å². The minimum atomic E-state index is -0.289. The van der Waals surface area contributed by atoms with Crippen LogP contribution in [0.4, 0.5) is 4.39 Å². The Bertz CT molecular complexity index is 568. The third-order valence-electron chi connectivity index (χ3n) is 2.62. The van der Waals surface area contributed by atoms with Gasteiger partial charge in [0, 0.05) is 6.42 Å². The molecular weight excluding hydrogens is 269 g/mol. The molecule has 0 aliphatic rings. The minimum absolute atomic E-state index is 0.114. The second kappa shape index (κ2) is 6.38. The van der Waals surface area contributed by atoms with Crippen LogP contribution < -0.4 is 5.32 Å². The quantitative estimate of drug-likeness (QED) is 0.913. The fraction of sp³-hybridized carbons (Fsp3) is 0.214. The maximum absolute atomic E-state index is 12.9. The van der Waals surface area contributed by atoms with E-state index in [-0.39, 0.29) is 11.7 Å². The van der Waals surface area contributed by atoms with Gasteiger partial charge in [-0.05, 0) is 47.9 Å². The lowest BCUT2D eigenvalue weighted by molar-refractivity contribution is -0.121. The largest absolute Gasteiger partial charge is 0.448 e. The average Bonchev–Trinajstić information content (AvgIpc) is 2.80. The van der Waals surface area contributed by atoms with Crippen LogP contribution in [0.1, 0.15) is 17.7 Å². The van der Waals surface area contributed by atoms with Crippen LogP contribution in [0, 0.1) is 5.82 Å². The van der Waals surface area contributed by atoms with Gasteiger partial charge in [0.1, 0.15) is 11.6 Å². The van der Waals surface area contributed by atoms with E-state index < -0.39 is 0 Å². The number of halogens is 2. The minimum Gasteiger partial charge on any atom is -0.448 e. The van der Waals surface area contributed by atoms with E-state index in [1.54, 1.807) is 24.3 Å². The van der Waals surface area contributed by atoms with E-state index in [0.29, 0.717) is 30.4 Å². The summed E-state index contributed by atoms with van der Waals surface area (Å²) in [6.45, 7) is 0.300. The summed E-state index contributed by atoms with van der Waals surface area (Å²) >= 11 is 5.62. The second-order valence-corrected chi connectivity index (χ2v) is 4.48. The SMILES string of the molecule is O=C(CCc1cccc(F)c1)NCc1ccc(Cl)o1. The Morgan fingerprint density at radius 3 is 2.84 bits per heavy atom. The molecule has 0 unspecified atom stereocenters. The van der Waals surface area contributed by atoms with Gasteiger partial charge in [0.05, 0.1) is 6.54 Å². The number of hydrogen-bond donors (Lipinski definition) is 1. The number of carbonyl (C=O) groups excluding carboxylic acids is 1. The Labute approximate surface area is 115 Å². The van der Waals surface area contributed by atoms with Gasteiger partial charge < -0.3 is 9.73 Å². The first-order valence-corrected chi connectivity index (χ1v) is 6.26. The summed E-state index contributed by atoms with van der Waals surface area (Å²) in [6.07, 6.45) is 0.806. The molecule has 2 aromatic rings. The zero-order valence-electron chi connectivity index (χ0n) is 10.2. The van der Waals surface area contributed by atoms with Crippen molar-refractivity contribution in [3.63, 3.8) is 0 Å². The highest BCUT2D eigenvalue weighted by Crippen LogP contribution is 2.12. The molecular formula is C14H13ClFNO2. The molecule has 1 heterocycles. The van der Waals surface area contributed by atoms with Crippen LogP contribution in [-0.4, -0.2) is 5.91 Å². The van der Waals surface area contributed by atoms with Crippen molar-refractivity contribution >= 4 is 17.5 Å². The fourth-order valence-corrected chi connectivity index (χ4v) is 1.83. The van der Waals surface area contributed by atoms with E-state index in [1.807, 2.05) is 0 Å². The number of benzene rings is 1. The molecule has 0 saturated heterocycles. The molecule has 1 N–H and O–H groups in total. The molecule has 0 radical (unpaired) electrons. The first-order valence-electron chi connectivity index (χ1n) is 5.89. The fourth-order valence-electron chi connectivity index (χ4n) is 1.67. The number of hydrogen-bond acceptors (Lipinski definition) is 2. The van der Waals surface area contributed by atoms with E-state index in [0.717, 1.165) is 5.56 Å². The summed E-state index contributed by atoms with van der Waals surface area (Å²) in [5, 5.41) is 3.01. The smallest absolute Gasteiger partial charge is 0.220 e. The lowest BCUT2D eigenvalue weighted by Gasteiger charge is -2.03. The standard InChI is InChI=1S/C14H13ClFNO2/c15-13-6-5-12(19-13)9-17-14(18)7-4-10-2-1-3-11(16)8-10/h1-3,5-6,8H,4,7,9H2,(H,17,18). The predicted molar refractivity (Wildman–Crippen MR) is 70.3 cm³/mol. The Balaban J connectivity index is 1.75. The molecule has 0 atom stereocenters. The van der Waals surface area contributed by atoms with Crippen LogP contribution in [-0.2, 0) is 17.8 Å². The Morgan fingerprint density at radius 2 is 2.16 bits per heavy atom. The van der Waals surface area contributed by atoms with Crippen molar-refractivity contribution < 1.29 is 13.6 Å². The molecule has 2 rings (SSSR count). The van der Waals surface area contributed by atoms with E-state index in [9.17, 15) is 9.18 Å². The third kappa shape index (κ3) is 4.41. The number of furan rings is 1. The number of nitrogens with one attached hydrogen (secondary N) is 1. The topological polar surface area (TPSA) is 42.2 Å². The van der Waals surface area contributed by atoms with Crippen molar-refractivity contribution in [1.82, 2.24) is 5.32 Å². The highest BCUT2D eigenvalue weighted by Gasteiger charge is 2.05. The van der Waals surface area contributed by atoms with Gasteiger partial charge in [0.25, 0.3) is 0 Å². The van der Waals surface area contributed by atoms with E-state index in [2.05, 4.69) is 5.32 Å². The molecule has 0 bridgehead atoms. The molecule has 100 valence electrons. The normalized spacial score (nSPS) is 10.4. The lowest BCUT2D eigenvalue weighted by atomic mass is 10.1. The summed E-state index contributed by atoms with van der Waals surface area (Å²) in [5.41, 5.74) is 0.802. The first kappa shape index (κ1) is 13.6. The molecule has 0 fully saturated rings. The Hall–Kier alpha value is -1.81. The molecule has 5 heteroatoms. The van der Waals surface area contributed by atoms with Crippen LogP contribution in [0.3, 0.4) is 0 Å². The number of aryl methyl sites for hydroxylation is 1. The van der Waals surface area contributed by atoms with Gasteiger partial charge in [-0.2, -0.15) is 0 Å².